The minimum absolute atomic E-state index is 0.575. The second-order valence-corrected chi connectivity index (χ2v) is 5.50. The summed E-state index contributed by atoms with van der Waals surface area (Å²) in [5, 5.41) is 12.1. The SMILES string of the molecule is COc1cc(Nc2nnc(Br)s2)ccc1Cl. The average molecular weight is 321 g/mol. The largest absolute Gasteiger partial charge is 0.495 e. The molecular formula is C9H7BrClN3OS. The van der Waals surface area contributed by atoms with E-state index in [-0.39, 0.29) is 0 Å². The van der Waals surface area contributed by atoms with Crippen molar-refractivity contribution in [3.8, 4) is 5.75 Å². The smallest absolute Gasteiger partial charge is 0.210 e. The molecule has 0 radical (unpaired) electrons. The number of aromatic nitrogens is 2. The molecule has 0 fully saturated rings. The van der Waals surface area contributed by atoms with Gasteiger partial charge in [-0.25, -0.2) is 0 Å². The van der Waals surface area contributed by atoms with E-state index in [1.165, 1.54) is 11.3 Å². The van der Waals surface area contributed by atoms with Gasteiger partial charge in [0.1, 0.15) is 5.75 Å². The van der Waals surface area contributed by atoms with Crippen molar-refractivity contribution in [3.05, 3.63) is 27.1 Å². The van der Waals surface area contributed by atoms with Crippen molar-refractivity contribution in [2.24, 2.45) is 0 Å². The van der Waals surface area contributed by atoms with Crippen LogP contribution in [0.25, 0.3) is 0 Å². The number of ether oxygens (including phenoxy) is 1. The Labute approximate surface area is 110 Å². The van der Waals surface area contributed by atoms with Gasteiger partial charge in [-0.05, 0) is 28.1 Å². The summed E-state index contributed by atoms with van der Waals surface area (Å²) in [5.41, 5.74) is 0.852. The van der Waals surface area contributed by atoms with Crippen molar-refractivity contribution in [1.29, 1.82) is 0 Å². The minimum atomic E-state index is 0.575. The second-order valence-electron chi connectivity index (χ2n) is 2.83. The Morgan fingerprint density at radius 3 is 2.88 bits per heavy atom. The molecule has 0 bridgehead atoms. The van der Waals surface area contributed by atoms with E-state index in [0.717, 1.165) is 9.60 Å². The summed E-state index contributed by atoms with van der Waals surface area (Å²) < 4.78 is 5.85. The van der Waals surface area contributed by atoms with Crippen LogP contribution in [-0.4, -0.2) is 17.3 Å². The summed E-state index contributed by atoms with van der Waals surface area (Å²) in [6, 6.07) is 5.41. The highest BCUT2D eigenvalue weighted by Gasteiger charge is 2.05. The summed E-state index contributed by atoms with van der Waals surface area (Å²) in [6.07, 6.45) is 0. The molecule has 0 aliphatic rings. The molecule has 1 heterocycles. The zero-order valence-corrected chi connectivity index (χ0v) is 11.4. The standard InChI is InChI=1S/C9H7BrClN3OS/c1-15-7-4-5(2-3-6(7)11)12-9-14-13-8(10)16-9/h2-4H,1H3,(H,12,14). The molecule has 1 N–H and O–H groups in total. The van der Waals surface area contributed by atoms with Crippen LogP contribution in [0.5, 0.6) is 5.75 Å². The minimum Gasteiger partial charge on any atom is -0.495 e. The van der Waals surface area contributed by atoms with E-state index in [1.807, 2.05) is 6.07 Å². The maximum atomic E-state index is 5.92. The molecule has 0 atom stereocenters. The summed E-state index contributed by atoms with van der Waals surface area (Å²) >= 11 is 10.6. The first-order valence-corrected chi connectivity index (χ1v) is 6.27. The van der Waals surface area contributed by atoms with E-state index in [0.29, 0.717) is 15.9 Å². The van der Waals surface area contributed by atoms with E-state index in [9.17, 15) is 0 Å². The normalized spacial score (nSPS) is 10.2. The molecule has 2 aromatic rings. The summed E-state index contributed by atoms with van der Waals surface area (Å²) in [4.78, 5) is 0. The maximum absolute atomic E-state index is 5.92. The number of methoxy groups -OCH3 is 1. The lowest BCUT2D eigenvalue weighted by Crippen LogP contribution is -1.91. The zero-order chi connectivity index (χ0) is 11.5. The number of rotatable bonds is 3. The van der Waals surface area contributed by atoms with Crippen molar-refractivity contribution in [1.82, 2.24) is 10.2 Å². The van der Waals surface area contributed by atoms with Crippen LogP contribution in [0.2, 0.25) is 5.02 Å². The van der Waals surface area contributed by atoms with Gasteiger partial charge in [-0.15, -0.1) is 10.2 Å². The van der Waals surface area contributed by atoms with Gasteiger partial charge in [0.25, 0.3) is 0 Å². The van der Waals surface area contributed by atoms with E-state index in [2.05, 4.69) is 31.4 Å². The van der Waals surface area contributed by atoms with Crippen molar-refractivity contribution < 1.29 is 4.74 Å². The van der Waals surface area contributed by atoms with Gasteiger partial charge in [-0.1, -0.05) is 22.9 Å². The first-order valence-electron chi connectivity index (χ1n) is 4.28. The molecule has 1 aromatic carbocycles. The maximum Gasteiger partial charge on any atom is 0.210 e. The predicted molar refractivity (Wildman–Crippen MR) is 68.9 cm³/mol. The van der Waals surface area contributed by atoms with Crippen LogP contribution in [0.1, 0.15) is 0 Å². The number of hydrogen-bond acceptors (Lipinski definition) is 5. The first kappa shape index (κ1) is 11.6. The van der Waals surface area contributed by atoms with Crippen molar-refractivity contribution in [2.45, 2.75) is 0 Å². The molecule has 0 spiro atoms. The van der Waals surface area contributed by atoms with Gasteiger partial charge in [0.15, 0.2) is 3.92 Å². The van der Waals surface area contributed by atoms with Gasteiger partial charge in [0, 0.05) is 11.8 Å². The van der Waals surface area contributed by atoms with E-state index < -0.39 is 0 Å². The fraction of sp³-hybridized carbons (Fsp3) is 0.111. The van der Waals surface area contributed by atoms with Crippen molar-refractivity contribution >= 4 is 49.7 Å². The number of anilines is 2. The third-order valence-electron chi connectivity index (χ3n) is 1.80. The summed E-state index contributed by atoms with van der Waals surface area (Å²) in [6.45, 7) is 0. The quantitative estimate of drug-likeness (QED) is 0.936. The Morgan fingerprint density at radius 1 is 1.44 bits per heavy atom. The molecule has 7 heteroatoms. The lowest BCUT2D eigenvalue weighted by Gasteiger charge is -2.06. The summed E-state index contributed by atoms with van der Waals surface area (Å²) in [7, 11) is 1.58. The van der Waals surface area contributed by atoms with E-state index in [1.54, 1.807) is 19.2 Å². The Balaban J connectivity index is 2.21. The lowest BCUT2D eigenvalue weighted by atomic mass is 10.3. The molecule has 1 aromatic heterocycles. The number of nitrogens with one attached hydrogen (secondary N) is 1. The van der Waals surface area contributed by atoms with Crippen molar-refractivity contribution in [2.75, 3.05) is 12.4 Å². The van der Waals surface area contributed by atoms with Gasteiger partial charge in [0.2, 0.25) is 5.13 Å². The molecule has 16 heavy (non-hydrogen) atoms. The van der Waals surface area contributed by atoms with Crippen molar-refractivity contribution in [3.63, 3.8) is 0 Å². The predicted octanol–water partition coefficient (Wildman–Crippen LogP) is 3.71. The Kier molecular flexibility index (Phi) is 3.63. The highest BCUT2D eigenvalue weighted by Crippen LogP contribution is 2.30. The van der Waals surface area contributed by atoms with Crippen LogP contribution in [0, 0.1) is 0 Å². The molecule has 0 saturated carbocycles. The topological polar surface area (TPSA) is 47.0 Å². The highest BCUT2D eigenvalue weighted by molar-refractivity contribution is 9.11. The molecule has 2 rings (SSSR count). The third kappa shape index (κ3) is 2.63. The molecule has 0 saturated heterocycles. The van der Waals surface area contributed by atoms with Crippen LogP contribution in [-0.2, 0) is 0 Å². The first-order chi connectivity index (χ1) is 7.69. The van der Waals surface area contributed by atoms with Crippen LogP contribution in [0.4, 0.5) is 10.8 Å². The Bertz CT molecular complexity index is 505. The molecule has 0 aliphatic carbocycles. The number of nitrogens with zero attached hydrogens (tertiary/aromatic N) is 2. The zero-order valence-electron chi connectivity index (χ0n) is 8.20. The number of halogens is 2. The second kappa shape index (κ2) is 4.99. The van der Waals surface area contributed by atoms with E-state index in [4.69, 9.17) is 16.3 Å². The van der Waals surface area contributed by atoms with Gasteiger partial charge < -0.3 is 10.1 Å². The number of hydrogen-bond donors (Lipinski definition) is 1. The van der Waals surface area contributed by atoms with Gasteiger partial charge in [-0.2, -0.15) is 0 Å². The monoisotopic (exact) mass is 319 g/mol. The van der Waals surface area contributed by atoms with Crippen LogP contribution >= 0.6 is 38.9 Å². The summed E-state index contributed by atoms with van der Waals surface area (Å²) in [5.74, 6) is 0.621. The van der Waals surface area contributed by atoms with Gasteiger partial charge in [-0.3, -0.25) is 0 Å². The Morgan fingerprint density at radius 2 is 2.25 bits per heavy atom. The molecule has 0 unspecified atom stereocenters. The van der Waals surface area contributed by atoms with Gasteiger partial charge >= 0.3 is 0 Å². The lowest BCUT2D eigenvalue weighted by molar-refractivity contribution is 0.415. The average Bonchev–Trinajstić information content (AvgIpc) is 2.67. The highest BCUT2D eigenvalue weighted by atomic mass is 79.9. The van der Waals surface area contributed by atoms with E-state index >= 15 is 0 Å². The third-order valence-corrected chi connectivity index (χ3v) is 3.39. The van der Waals surface area contributed by atoms with Gasteiger partial charge in [0.05, 0.1) is 12.1 Å². The van der Waals surface area contributed by atoms with Crippen LogP contribution < -0.4 is 10.1 Å². The fourth-order valence-electron chi connectivity index (χ4n) is 1.12. The molecule has 84 valence electrons. The van der Waals surface area contributed by atoms with Crippen LogP contribution in [0.3, 0.4) is 0 Å². The molecular weight excluding hydrogens is 314 g/mol. The number of benzene rings is 1. The molecule has 4 nitrogen and oxygen atoms in total. The van der Waals surface area contributed by atoms with Crippen LogP contribution in [0.15, 0.2) is 22.1 Å². The fourth-order valence-corrected chi connectivity index (χ4v) is 2.34. The molecule has 0 aliphatic heterocycles. The molecule has 0 amide bonds. The Hall–Kier alpha value is -0.850.